The lowest BCUT2D eigenvalue weighted by Gasteiger charge is -2.16. The van der Waals surface area contributed by atoms with Crippen molar-refractivity contribution in [3.8, 4) is 0 Å². The predicted octanol–water partition coefficient (Wildman–Crippen LogP) is 16.6. The van der Waals surface area contributed by atoms with Gasteiger partial charge in [-0.2, -0.15) is 0 Å². The van der Waals surface area contributed by atoms with Crippen LogP contribution in [0.2, 0.25) is 0 Å². The van der Waals surface area contributed by atoms with Gasteiger partial charge in [0.1, 0.15) is 6.10 Å². The Morgan fingerprint density at radius 1 is 0.423 bits per heavy atom. The van der Waals surface area contributed by atoms with Crippen LogP contribution >= 0.6 is 0 Å². The smallest absolute Gasteiger partial charge is 0.307 e. The van der Waals surface area contributed by atoms with Gasteiger partial charge in [0.25, 0.3) is 0 Å². The maximum Gasteiger partial charge on any atom is 0.307 e. The maximum atomic E-state index is 12.4. The number of carbonyl (C=O) groups excluding carboxylic acids is 1. The van der Waals surface area contributed by atoms with Gasteiger partial charge in [-0.25, -0.2) is 0 Å². The fourth-order valence-electron chi connectivity index (χ4n) is 7.49. The number of hydrogen-bond donors (Lipinski definition) is 1. The summed E-state index contributed by atoms with van der Waals surface area (Å²) in [6, 6.07) is 0. The highest BCUT2D eigenvalue weighted by atomic mass is 16.5. The second-order valence-corrected chi connectivity index (χ2v) is 16.3. The third-order valence-corrected chi connectivity index (χ3v) is 11.0. The van der Waals surface area contributed by atoms with E-state index in [4.69, 9.17) is 4.74 Å². The minimum absolute atomic E-state index is 0.0683. The molecule has 0 heterocycles. The Morgan fingerprint density at radius 3 is 1.04 bits per heavy atom. The van der Waals surface area contributed by atoms with Gasteiger partial charge in [0.05, 0.1) is 6.42 Å². The van der Waals surface area contributed by atoms with Crippen LogP contribution in [0.25, 0.3) is 0 Å². The molecule has 0 aromatic rings. The van der Waals surface area contributed by atoms with Gasteiger partial charge < -0.3 is 9.84 Å². The summed E-state index contributed by atoms with van der Waals surface area (Å²) in [7, 11) is 0. The van der Waals surface area contributed by atoms with Crippen LogP contribution in [0, 0.1) is 0 Å². The van der Waals surface area contributed by atoms with Crippen LogP contribution in [0.15, 0.2) is 12.2 Å². The van der Waals surface area contributed by atoms with E-state index in [9.17, 15) is 14.7 Å². The summed E-state index contributed by atoms with van der Waals surface area (Å²) in [6.07, 6.45) is 55.5. The number of allylic oxidation sites excluding steroid dienone is 2. The van der Waals surface area contributed by atoms with Crippen LogP contribution in [0.5, 0.6) is 0 Å². The summed E-state index contributed by atoms with van der Waals surface area (Å²) in [4.78, 5) is 23.8. The second kappa shape index (κ2) is 44.1. The van der Waals surface area contributed by atoms with Gasteiger partial charge >= 0.3 is 11.9 Å². The van der Waals surface area contributed by atoms with Crippen molar-refractivity contribution in [2.45, 2.75) is 283 Å². The first kappa shape index (κ1) is 50.7. The van der Waals surface area contributed by atoms with Crippen molar-refractivity contribution in [3.05, 3.63) is 12.2 Å². The third-order valence-electron chi connectivity index (χ3n) is 11.0. The summed E-state index contributed by atoms with van der Waals surface area (Å²) in [5.74, 6) is -1.08. The van der Waals surface area contributed by atoms with E-state index in [1.165, 1.54) is 218 Å². The number of rotatable bonds is 44. The van der Waals surface area contributed by atoms with Crippen molar-refractivity contribution in [2.75, 3.05) is 0 Å². The minimum Gasteiger partial charge on any atom is -0.481 e. The van der Waals surface area contributed by atoms with Crippen LogP contribution in [0.4, 0.5) is 0 Å². The van der Waals surface area contributed by atoms with Gasteiger partial charge in [0.2, 0.25) is 0 Å². The van der Waals surface area contributed by atoms with Gasteiger partial charge in [0.15, 0.2) is 0 Å². The Hall–Kier alpha value is -1.32. The Balaban J connectivity index is 3.55. The number of carbonyl (C=O) groups is 2. The molecule has 0 aliphatic heterocycles. The van der Waals surface area contributed by atoms with E-state index in [1.807, 2.05) is 0 Å². The van der Waals surface area contributed by atoms with Gasteiger partial charge in [-0.1, -0.05) is 231 Å². The molecule has 308 valence electrons. The van der Waals surface area contributed by atoms with Gasteiger partial charge in [-0.05, 0) is 44.9 Å². The zero-order valence-corrected chi connectivity index (χ0v) is 35.4. The molecule has 0 bridgehead atoms. The molecule has 4 heteroatoms. The fraction of sp³-hybridized carbons (Fsp3) is 0.917. The van der Waals surface area contributed by atoms with Crippen molar-refractivity contribution in [3.63, 3.8) is 0 Å². The molecule has 0 spiro atoms. The van der Waals surface area contributed by atoms with Crippen LogP contribution in [0.3, 0.4) is 0 Å². The first-order chi connectivity index (χ1) is 25.6. The third kappa shape index (κ3) is 43.1. The lowest BCUT2D eigenvalue weighted by molar-refractivity contribution is -0.153. The first-order valence-electron chi connectivity index (χ1n) is 23.7. The quantitative estimate of drug-likeness (QED) is 0.0385. The standard InChI is InChI=1S/C48H92O4/c1-3-5-7-9-11-13-15-17-19-21-23-24-26-28-30-32-34-36-38-40-42-44-48(51)52-46(45-47(49)50)43-41-39-37-35-33-31-29-27-25-22-20-18-16-14-12-10-8-6-4-2/h17,19,46H,3-16,18,20-45H2,1-2H3,(H,49,50)/b19-17-. The lowest BCUT2D eigenvalue weighted by Crippen LogP contribution is -2.21. The summed E-state index contributed by atoms with van der Waals surface area (Å²) < 4.78 is 5.62. The molecule has 0 fully saturated rings. The van der Waals surface area contributed by atoms with E-state index in [0.717, 1.165) is 25.7 Å². The molecule has 0 radical (unpaired) electrons. The normalized spacial score (nSPS) is 12.2. The fourth-order valence-corrected chi connectivity index (χ4v) is 7.49. The Morgan fingerprint density at radius 2 is 0.712 bits per heavy atom. The van der Waals surface area contributed by atoms with Gasteiger partial charge in [0, 0.05) is 6.42 Å². The first-order valence-corrected chi connectivity index (χ1v) is 23.7. The molecule has 1 unspecified atom stereocenters. The number of unbranched alkanes of at least 4 members (excludes halogenated alkanes) is 35. The molecule has 52 heavy (non-hydrogen) atoms. The monoisotopic (exact) mass is 733 g/mol. The molecule has 0 aromatic heterocycles. The van der Waals surface area contributed by atoms with E-state index in [2.05, 4.69) is 26.0 Å². The second-order valence-electron chi connectivity index (χ2n) is 16.3. The van der Waals surface area contributed by atoms with Crippen molar-refractivity contribution < 1.29 is 19.4 Å². The molecule has 0 aliphatic rings. The topological polar surface area (TPSA) is 63.6 Å². The van der Waals surface area contributed by atoms with E-state index < -0.39 is 12.1 Å². The molecular weight excluding hydrogens is 641 g/mol. The number of hydrogen-bond acceptors (Lipinski definition) is 3. The average Bonchev–Trinajstić information content (AvgIpc) is 3.13. The number of aliphatic carboxylic acids is 1. The highest BCUT2D eigenvalue weighted by Crippen LogP contribution is 2.18. The average molecular weight is 733 g/mol. The SMILES string of the molecule is CCCCCCCC/C=C\CCCCCCCCCCCCCC(=O)OC(CCCCCCCCCCCCCCCCCCCCC)CC(=O)O. The van der Waals surface area contributed by atoms with E-state index in [-0.39, 0.29) is 12.4 Å². The van der Waals surface area contributed by atoms with E-state index in [0.29, 0.717) is 12.8 Å². The zero-order valence-electron chi connectivity index (χ0n) is 35.4. The molecule has 0 saturated carbocycles. The van der Waals surface area contributed by atoms with Crippen molar-refractivity contribution in [2.24, 2.45) is 0 Å². The number of carboxylic acids is 1. The molecule has 1 N–H and O–H groups in total. The molecule has 0 aliphatic carbocycles. The molecule has 0 aromatic carbocycles. The summed E-state index contributed by atoms with van der Waals surface area (Å²) >= 11 is 0. The predicted molar refractivity (Wildman–Crippen MR) is 227 cm³/mol. The lowest BCUT2D eigenvalue weighted by atomic mass is 10.0. The molecule has 0 rings (SSSR count). The van der Waals surface area contributed by atoms with Crippen LogP contribution in [-0.2, 0) is 14.3 Å². The number of esters is 1. The van der Waals surface area contributed by atoms with Crippen LogP contribution in [0.1, 0.15) is 277 Å². The molecular formula is C48H92O4. The molecule has 4 nitrogen and oxygen atoms in total. The summed E-state index contributed by atoms with van der Waals surface area (Å²) in [5, 5.41) is 9.32. The number of ether oxygens (including phenoxy) is 1. The molecule has 0 amide bonds. The summed E-state index contributed by atoms with van der Waals surface area (Å²) in [5.41, 5.74) is 0. The Kier molecular flexibility index (Phi) is 43.0. The van der Waals surface area contributed by atoms with Crippen molar-refractivity contribution >= 4 is 11.9 Å². The van der Waals surface area contributed by atoms with E-state index >= 15 is 0 Å². The van der Waals surface area contributed by atoms with Crippen molar-refractivity contribution in [1.82, 2.24) is 0 Å². The summed E-state index contributed by atoms with van der Waals surface area (Å²) in [6.45, 7) is 4.57. The number of carboxylic acid groups (broad SMARTS) is 1. The van der Waals surface area contributed by atoms with Gasteiger partial charge in [-0.15, -0.1) is 0 Å². The Labute approximate surface area is 325 Å². The largest absolute Gasteiger partial charge is 0.481 e. The highest BCUT2D eigenvalue weighted by molar-refractivity contribution is 5.71. The molecule has 0 saturated heterocycles. The van der Waals surface area contributed by atoms with Crippen LogP contribution < -0.4 is 0 Å². The van der Waals surface area contributed by atoms with E-state index in [1.54, 1.807) is 0 Å². The zero-order chi connectivity index (χ0) is 37.8. The van der Waals surface area contributed by atoms with Crippen molar-refractivity contribution in [1.29, 1.82) is 0 Å². The molecule has 1 atom stereocenters. The highest BCUT2D eigenvalue weighted by Gasteiger charge is 2.17. The van der Waals surface area contributed by atoms with Crippen LogP contribution in [-0.4, -0.2) is 23.1 Å². The Bertz CT molecular complexity index is 747. The van der Waals surface area contributed by atoms with Gasteiger partial charge in [-0.3, -0.25) is 9.59 Å². The maximum absolute atomic E-state index is 12.4. The minimum atomic E-state index is -0.873.